The summed E-state index contributed by atoms with van der Waals surface area (Å²) in [5.41, 5.74) is 8.38. The summed E-state index contributed by atoms with van der Waals surface area (Å²) in [6.07, 6.45) is 10.4. The molecule has 0 bridgehead atoms. The van der Waals surface area contributed by atoms with E-state index in [4.69, 9.17) is 10.1 Å². The number of carbonyl (C=O) groups excluding carboxylic acids is 1. The van der Waals surface area contributed by atoms with Crippen LogP contribution in [-0.4, -0.2) is 30.6 Å². The lowest BCUT2D eigenvalue weighted by Crippen LogP contribution is -2.05. The fraction of sp³-hybridized carbons (Fsp3) is 0.320. The second-order valence-electron chi connectivity index (χ2n) is 8.37. The Kier molecular flexibility index (Phi) is 5.76. The van der Waals surface area contributed by atoms with Crippen molar-refractivity contribution in [2.24, 2.45) is 0 Å². The molecule has 1 N–H and O–H groups in total. The molecule has 0 spiro atoms. The largest absolute Gasteiger partial charge is 0.302 e. The number of nitrogens with zero attached hydrogens (tertiary/aromatic N) is 5. The number of thiazole rings is 1. The third kappa shape index (κ3) is 4.06. The van der Waals surface area contributed by atoms with Gasteiger partial charge < -0.3 is 5.32 Å². The molecular weight excluding hydrogens is 432 g/mol. The van der Waals surface area contributed by atoms with E-state index in [0.717, 1.165) is 76.6 Å². The molecule has 1 amide bonds. The van der Waals surface area contributed by atoms with Crippen molar-refractivity contribution in [3.8, 4) is 27.5 Å². The first-order valence-electron chi connectivity index (χ1n) is 11.3. The Morgan fingerprint density at radius 1 is 1.21 bits per heavy atom. The van der Waals surface area contributed by atoms with E-state index in [0.29, 0.717) is 5.13 Å². The van der Waals surface area contributed by atoms with Gasteiger partial charge in [-0.2, -0.15) is 5.10 Å². The van der Waals surface area contributed by atoms with Gasteiger partial charge in [0.1, 0.15) is 0 Å². The Bertz CT molecular complexity index is 1320. The van der Waals surface area contributed by atoms with Crippen molar-refractivity contribution in [3.63, 3.8) is 0 Å². The molecule has 4 heterocycles. The summed E-state index contributed by atoms with van der Waals surface area (Å²) in [6.45, 7) is 5.72. The molecule has 0 unspecified atom stereocenters. The number of aromatic nitrogens is 5. The highest BCUT2D eigenvalue weighted by molar-refractivity contribution is 7.19. The van der Waals surface area contributed by atoms with Crippen LogP contribution < -0.4 is 5.32 Å². The van der Waals surface area contributed by atoms with E-state index in [9.17, 15) is 4.79 Å². The van der Waals surface area contributed by atoms with Gasteiger partial charge >= 0.3 is 0 Å². The highest BCUT2D eigenvalue weighted by Gasteiger charge is 2.29. The quantitative estimate of drug-likeness (QED) is 0.446. The summed E-state index contributed by atoms with van der Waals surface area (Å²) in [7, 11) is 0. The minimum atomic E-state index is -0.114. The molecule has 5 rings (SSSR count). The van der Waals surface area contributed by atoms with Crippen LogP contribution in [0.2, 0.25) is 0 Å². The molecule has 0 atom stereocenters. The normalized spacial score (nSPS) is 12.7. The molecule has 1 aliphatic rings. The summed E-state index contributed by atoms with van der Waals surface area (Å²) >= 11 is 1.52. The lowest BCUT2D eigenvalue weighted by molar-refractivity contribution is -0.114. The monoisotopic (exact) mass is 458 g/mol. The van der Waals surface area contributed by atoms with Crippen LogP contribution in [0.3, 0.4) is 0 Å². The molecule has 0 saturated heterocycles. The summed E-state index contributed by atoms with van der Waals surface area (Å²) in [6, 6.07) is 6.23. The van der Waals surface area contributed by atoms with Gasteiger partial charge in [0.15, 0.2) is 5.13 Å². The minimum absolute atomic E-state index is 0.114. The number of nitrogens with one attached hydrogen (secondary N) is 1. The molecule has 4 aromatic heterocycles. The number of pyridine rings is 2. The third-order valence-corrected chi connectivity index (χ3v) is 6.86. The van der Waals surface area contributed by atoms with E-state index in [-0.39, 0.29) is 5.91 Å². The van der Waals surface area contributed by atoms with Gasteiger partial charge in [-0.25, -0.2) is 9.67 Å². The number of hydrogen-bond donors (Lipinski definition) is 1. The molecule has 1 aliphatic carbocycles. The van der Waals surface area contributed by atoms with Gasteiger partial charge in [0.2, 0.25) is 5.91 Å². The summed E-state index contributed by atoms with van der Waals surface area (Å²) in [5, 5.41) is 8.61. The van der Waals surface area contributed by atoms with Gasteiger partial charge in [0.05, 0.1) is 27.6 Å². The van der Waals surface area contributed by atoms with Crippen molar-refractivity contribution < 1.29 is 4.79 Å². The maximum Gasteiger partial charge on any atom is 0.223 e. The molecule has 0 aromatic carbocycles. The predicted octanol–water partition coefficient (Wildman–Crippen LogP) is 5.16. The number of hydrogen-bond acceptors (Lipinski definition) is 6. The Balaban J connectivity index is 1.73. The van der Waals surface area contributed by atoms with Crippen LogP contribution in [0.5, 0.6) is 0 Å². The van der Waals surface area contributed by atoms with Crippen LogP contribution in [0.15, 0.2) is 36.8 Å². The van der Waals surface area contributed by atoms with Crippen molar-refractivity contribution in [2.75, 3.05) is 5.32 Å². The lowest BCUT2D eigenvalue weighted by atomic mass is 10.0. The summed E-state index contributed by atoms with van der Waals surface area (Å²) < 4.78 is 2.03. The fourth-order valence-electron chi connectivity index (χ4n) is 4.34. The Morgan fingerprint density at radius 2 is 2.09 bits per heavy atom. The van der Waals surface area contributed by atoms with E-state index in [1.165, 1.54) is 23.8 Å². The molecule has 0 aliphatic heterocycles. The number of fused-ring (bicyclic) bond motifs is 3. The maximum absolute atomic E-state index is 11.7. The lowest BCUT2D eigenvalue weighted by Gasteiger charge is -2.09. The van der Waals surface area contributed by atoms with Gasteiger partial charge in [-0.15, -0.1) is 0 Å². The average Bonchev–Trinajstić information content (AvgIpc) is 3.31. The number of rotatable bonds is 5. The summed E-state index contributed by atoms with van der Waals surface area (Å²) in [5.74, 6) is -0.114. The van der Waals surface area contributed by atoms with Crippen LogP contribution in [0, 0.1) is 6.92 Å². The third-order valence-electron chi connectivity index (χ3n) is 5.84. The average molecular weight is 459 g/mol. The standard InChI is InChI=1S/C25H26N6OS/c1-4-6-18-10-9-17(14-27-18)22-19-7-5-8-20-24(33-25(29-20)28-16(3)32)23(19)31(30-22)21-11-12-26-13-15(21)2/h9-14H,4-8H2,1-3H3,(H,28,29,32). The van der Waals surface area contributed by atoms with Crippen molar-refractivity contribution in [1.82, 2.24) is 24.7 Å². The minimum Gasteiger partial charge on any atom is -0.302 e. The molecular formula is C25H26N6OS. The topological polar surface area (TPSA) is 85.6 Å². The Labute approximate surface area is 196 Å². The van der Waals surface area contributed by atoms with E-state index in [1.54, 1.807) is 6.20 Å². The van der Waals surface area contributed by atoms with Crippen molar-refractivity contribution in [2.45, 2.75) is 52.9 Å². The highest BCUT2D eigenvalue weighted by Crippen LogP contribution is 2.43. The number of aryl methyl sites for hydroxylation is 3. The van der Waals surface area contributed by atoms with Crippen LogP contribution in [0.1, 0.15) is 49.2 Å². The maximum atomic E-state index is 11.7. The van der Waals surface area contributed by atoms with E-state index < -0.39 is 0 Å². The van der Waals surface area contributed by atoms with Crippen LogP contribution in [0.25, 0.3) is 27.5 Å². The number of amides is 1. The van der Waals surface area contributed by atoms with Crippen molar-refractivity contribution >= 4 is 22.4 Å². The zero-order valence-corrected chi connectivity index (χ0v) is 19.9. The molecule has 33 heavy (non-hydrogen) atoms. The molecule has 7 nitrogen and oxygen atoms in total. The van der Waals surface area contributed by atoms with E-state index in [1.807, 2.05) is 30.1 Å². The first-order valence-corrected chi connectivity index (χ1v) is 12.1. The van der Waals surface area contributed by atoms with Crippen molar-refractivity contribution in [1.29, 1.82) is 0 Å². The van der Waals surface area contributed by atoms with Crippen LogP contribution in [0.4, 0.5) is 5.13 Å². The Hall–Kier alpha value is -3.39. The van der Waals surface area contributed by atoms with E-state index >= 15 is 0 Å². The van der Waals surface area contributed by atoms with E-state index in [2.05, 4.69) is 34.3 Å². The fourth-order valence-corrected chi connectivity index (χ4v) is 5.46. The zero-order chi connectivity index (χ0) is 22.9. The Morgan fingerprint density at radius 3 is 2.82 bits per heavy atom. The van der Waals surface area contributed by atoms with Crippen LogP contribution >= 0.6 is 11.3 Å². The number of anilines is 1. The second-order valence-corrected chi connectivity index (χ2v) is 9.37. The molecule has 4 aromatic rings. The van der Waals surface area contributed by atoms with Gasteiger partial charge in [0.25, 0.3) is 0 Å². The second kappa shape index (κ2) is 8.86. The van der Waals surface area contributed by atoms with Gasteiger partial charge in [-0.3, -0.25) is 14.8 Å². The molecule has 0 radical (unpaired) electrons. The first-order chi connectivity index (χ1) is 16.0. The smallest absolute Gasteiger partial charge is 0.223 e. The predicted molar refractivity (Wildman–Crippen MR) is 131 cm³/mol. The van der Waals surface area contributed by atoms with Gasteiger partial charge in [-0.1, -0.05) is 24.7 Å². The molecule has 8 heteroatoms. The highest BCUT2D eigenvalue weighted by atomic mass is 32.1. The van der Waals surface area contributed by atoms with Gasteiger partial charge in [0, 0.05) is 42.3 Å². The molecule has 168 valence electrons. The van der Waals surface area contributed by atoms with Gasteiger partial charge in [-0.05, 0) is 56.4 Å². The zero-order valence-electron chi connectivity index (χ0n) is 19.1. The summed E-state index contributed by atoms with van der Waals surface area (Å²) in [4.78, 5) is 26.4. The molecule has 0 fully saturated rings. The number of carbonyl (C=O) groups is 1. The van der Waals surface area contributed by atoms with Crippen LogP contribution in [-0.2, 0) is 24.1 Å². The van der Waals surface area contributed by atoms with Crippen molar-refractivity contribution in [3.05, 3.63) is 59.3 Å². The molecule has 0 saturated carbocycles. The first kappa shape index (κ1) is 21.5. The SMILES string of the molecule is CCCc1ccc(-c2nn(-c3ccncc3C)c3c2CCCc2nc(NC(C)=O)sc2-3)cn1.